The van der Waals surface area contributed by atoms with E-state index in [1.807, 2.05) is 53.9 Å². The number of rotatable bonds is 6. The standard InChI is InChI=1S/C30H26N4O2S/c1-29(36-34-28-33-21(16-37-28)15-19-11-13-20(14-12-19)27(35)32-2)17-30(18-31)24-9-5-3-7-22(24)26(29)23-8-4-6-10-25(23)30/h3-14,16,26H,15,17H2,1-2H3,(H,32,35)(H,33,34). The summed E-state index contributed by atoms with van der Waals surface area (Å²) < 4.78 is 0. The molecule has 0 aliphatic heterocycles. The van der Waals surface area contributed by atoms with Gasteiger partial charge in [-0.3, -0.25) is 9.63 Å². The number of thiazole rings is 1. The zero-order valence-corrected chi connectivity index (χ0v) is 21.4. The van der Waals surface area contributed by atoms with Crippen molar-refractivity contribution in [2.45, 2.75) is 36.7 Å². The third kappa shape index (κ3) is 3.72. The summed E-state index contributed by atoms with van der Waals surface area (Å²) >= 11 is 1.49. The summed E-state index contributed by atoms with van der Waals surface area (Å²) in [4.78, 5) is 22.9. The van der Waals surface area contributed by atoms with Gasteiger partial charge in [-0.1, -0.05) is 60.7 Å². The quantitative estimate of drug-likeness (QED) is 0.335. The van der Waals surface area contributed by atoms with E-state index in [2.05, 4.69) is 48.1 Å². The maximum Gasteiger partial charge on any atom is 0.251 e. The van der Waals surface area contributed by atoms with E-state index in [1.165, 1.54) is 11.3 Å². The SMILES string of the molecule is CNC(=O)c1ccc(Cc2csc(NOC3(C)CC4(C#N)c5ccccc5C3c3ccccc34)n2)cc1. The van der Waals surface area contributed by atoms with Gasteiger partial charge < -0.3 is 5.32 Å². The minimum absolute atomic E-state index is 0.000827. The Morgan fingerprint density at radius 1 is 1.08 bits per heavy atom. The van der Waals surface area contributed by atoms with Crippen LogP contribution in [0, 0.1) is 11.3 Å². The highest BCUT2D eigenvalue weighted by Crippen LogP contribution is 2.60. The number of nitriles is 1. The molecule has 1 aromatic heterocycles. The monoisotopic (exact) mass is 506 g/mol. The molecule has 3 aliphatic carbocycles. The highest BCUT2D eigenvalue weighted by molar-refractivity contribution is 7.13. The topological polar surface area (TPSA) is 87.0 Å². The number of aromatic nitrogens is 1. The van der Waals surface area contributed by atoms with Crippen LogP contribution < -0.4 is 10.8 Å². The van der Waals surface area contributed by atoms with Crippen LogP contribution in [-0.2, 0) is 16.7 Å². The third-order valence-corrected chi connectivity index (χ3v) is 8.42. The number of nitrogens with one attached hydrogen (secondary N) is 2. The molecule has 1 heterocycles. The second-order valence-corrected chi connectivity index (χ2v) is 10.8. The predicted octanol–water partition coefficient (Wildman–Crippen LogP) is 5.55. The van der Waals surface area contributed by atoms with Gasteiger partial charge in [-0.05, 0) is 46.9 Å². The van der Waals surface area contributed by atoms with E-state index in [0.29, 0.717) is 23.5 Å². The molecule has 0 saturated carbocycles. The summed E-state index contributed by atoms with van der Waals surface area (Å²) in [6, 6.07) is 26.7. The summed E-state index contributed by atoms with van der Waals surface area (Å²) in [6.45, 7) is 2.09. The van der Waals surface area contributed by atoms with Gasteiger partial charge in [0.2, 0.25) is 5.13 Å². The molecule has 0 radical (unpaired) electrons. The van der Waals surface area contributed by atoms with Crippen molar-refractivity contribution in [3.8, 4) is 6.07 Å². The Kier molecular flexibility index (Phi) is 5.59. The lowest BCUT2D eigenvalue weighted by Gasteiger charge is -2.54. The van der Waals surface area contributed by atoms with Crippen molar-refractivity contribution < 1.29 is 9.63 Å². The zero-order valence-electron chi connectivity index (χ0n) is 20.6. The van der Waals surface area contributed by atoms with Crippen LogP contribution >= 0.6 is 11.3 Å². The highest BCUT2D eigenvalue weighted by Gasteiger charge is 2.59. The summed E-state index contributed by atoms with van der Waals surface area (Å²) in [6.07, 6.45) is 1.21. The van der Waals surface area contributed by atoms with Crippen LogP contribution in [0.25, 0.3) is 0 Å². The Labute approximate surface area is 219 Å². The Bertz CT molecular complexity index is 1490. The van der Waals surface area contributed by atoms with Crippen molar-refractivity contribution in [2.75, 3.05) is 12.5 Å². The second kappa shape index (κ2) is 8.84. The largest absolute Gasteiger partial charge is 0.355 e. The first-order chi connectivity index (χ1) is 18.0. The van der Waals surface area contributed by atoms with E-state index in [0.717, 1.165) is 33.5 Å². The predicted molar refractivity (Wildman–Crippen MR) is 144 cm³/mol. The van der Waals surface area contributed by atoms with Crippen LogP contribution in [0.5, 0.6) is 0 Å². The molecule has 184 valence electrons. The van der Waals surface area contributed by atoms with Gasteiger partial charge in [0, 0.05) is 36.8 Å². The van der Waals surface area contributed by atoms with Crippen molar-refractivity contribution in [2.24, 2.45) is 0 Å². The summed E-state index contributed by atoms with van der Waals surface area (Å²) in [7, 11) is 1.62. The maximum absolute atomic E-state index is 11.8. The molecule has 7 rings (SSSR count). The molecule has 1 unspecified atom stereocenters. The van der Waals surface area contributed by atoms with Gasteiger partial charge in [0.1, 0.15) is 11.0 Å². The number of benzene rings is 3. The maximum atomic E-state index is 11.8. The van der Waals surface area contributed by atoms with Crippen LogP contribution in [0.3, 0.4) is 0 Å². The van der Waals surface area contributed by atoms with Gasteiger partial charge in [-0.15, -0.1) is 11.3 Å². The van der Waals surface area contributed by atoms with E-state index >= 15 is 0 Å². The molecule has 0 spiro atoms. The molecule has 4 aromatic rings. The first-order valence-electron chi connectivity index (χ1n) is 12.3. The fourth-order valence-corrected chi connectivity index (χ4v) is 6.69. The van der Waals surface area contributed by atoms with Crippen molar-refractivity contribution in [1.82, 2.24) is 10.3 Å². The molecular weight excluding hydrogens is 480 g/mol. The van der Waals surface area contributed by atoms with Crippen molar-refractivity contribution in [3.63, 3.8) is 0 Å². The van der Waals surface area contributed by atoms with Crippen LogP contribution in [0.2, 0.25) is 0 Å². The summed E-state index contributed by atoms with van der Waals surface area (Å²) in [5.41, 5.74) is 8.83. The second-order valence-electron chi connectivity index (χ2n) is 9.92. The number of hydrogen-bond donors (Lipinski definition) is 2. The molecule has 0 saturated heterocycles. The molecule has 1 amide bonds. The fourth-order valence-electron chi connectivity index (χ4n) is 6.04. The molecule has 6 nitrogen and oxygen atoms in total. The highest BCUT2D eigenvalue weighted by atomic mass is 32.1. The number of amides is 1. The Morgan fingerprint density at radius 3 is 2.35 bits per heavy atom. The molecule has 2 bridgehead atoms. The molecule has 2 N–H and O–H groups in total. The number of hydrogen-bond acceptors (Lipinski definition) is 6. The van der Waals surface area contributed by atoms with Crippen molar-refractivity contribution >= 4 is 22.4 Å². The van der Waals surface area contributed by atoms with Gasteiger partial charge in [-0.25, -0.2) is 10.5 Å². The summed E-state index contributed by atoms with van der Waals surface area (Å²) in [5, 5.41) is 15.8. The molecule has 1 atom stereocenters. The minimum atomic E-state index is -0.757. The van der Waals surface area contributed by atoms with Gasteiger partial charge in [0.15, 0.2) is 0 Å². The lowest BCUT2D eigenvalue weighted by molar-refractivity contribution is -0.0385. The third-order valence-electron chi connectivity index (χ3n) is 7.63. The lowest BCUT2D eigenvalue weighted by Crippen LogP contribution is -2.54. The van der Waals surface area contributed by atoms with Crippen molar-refractivity contribution in [3.05, 3.63) is 117 Å². The van der Waals surface area contributed by atoms with Gasteiger partial charge in [0.25, 0.3) is 5.91 Å². The average Bonchev–Trinajstić information content (AvgIpc) is 3.39. The van der Waals surface area contributed by atoms with Gasteiger partial charge in [-0.2, -0.15) is 5.26 Å². The molecule has 0 fully saturated rings. The number of carbonyl (C=O) groups is 1. The van der Waals surface area contributed by atoms with E-state index in [-0.39, 0.29) is 11.8 Å². The number of fused-ring (bicyclic) bond motifs is 1. The van der Waals surface area contributed by atoms with E-state index < -0.39 is 11.0 Å². The Morgan fingerprint density at radius 2 is 1.73 bits per heavy atom. The number of nitrogens with zero attached hydrogens (tertiary/aromatic N) is 2. The van der Waals surface area contributed by atoms with Crippen LogP contribution in [0.4, 0.5) is 5.13 Å². The van der Waals surface area contributed by atoms with Gasteiger partial charge in [0.05, 0.1) is 11.8 Å². The Balaban J connectivity index is 1.24. The van der Waals surface area contributed by atoms with Crippen LogP contribution in [0.1, 0.15) is 63.1 Å². The fraction of sp³-hybridized carbons (Fsp3) is 0.233. The minimum Gasteiger partial charge on any atom is -0.355 e. The van der Waals surface area contributed by atoms with Crippen LogP contribution in [-0.4, -0.2) is 23.5 Å². The molecule has 3 aliphatic rings. The van der Waals surface area contributed by atoms with Gasteiger partial charge >= 0.3 is 0 Å². The lowest BCUT2D eigenvalue weighted by atomic mass is 9.51. The van der Waals surface area contributed by atoms with Crippen LogP contribution in [0.15, 0.2) is 78.2 Å². The molecule has 37 heavy (non-hydrogen) atoms. The first kappa shape index (κ1) is 23.4. The summed E-state index contributed by atoms with van der Waals surface area (Å²) in [5.74, 6) is -0.0990. The Hall–Kier alpha value is -3.99. The first-order valence-corrected chi connectivity index (χ1v) is 13.1. The number of carbonyl (C=O) groups excluding carboxylic acids is 1. The van der Waals surface area contributed by atoms with Crippen molar-refractivity contribution in [1.29, 1.82) is 5.26 Å². The van der Waals surface area contributed by atoms with E-state index in [1.54, 1.807) is 7.05 Å². The molecule has 3 aromatic carbocycles. The zero-order chi connectivity index (χ0) is 25.6. The normalized spacial score (nSPS) is 23.0. The molecular formula is C30H26N4O2S. The number of anilines is 1. The molecule has 7 heteroatoms. The average molecular weight is 507 g/mol. The smallest absolute Gasteiger partial charge is 0.251 e. The van der Waals surface area contributed by atoms with E-state index in [9.17, 15) is 10.1 Å². The van der Waals surface area contributed by atoms with E-state index in [4.69, 9.17) is 9.82 Å².